The van der Waals surface area contributed by atoms with E-state index in [0.717, 1.165) is 12.8 Å². The summed E-state index contributed by atoms with van der Waals surface area (Å²) in [6.45, 7) is 13.9. The van der Waals surface area contributed by atoms with Crippen LogP contribution in [0.5, 0.6) is 0 Å². The minimum atomic E-state index is -2.55. The summed E-state index contributed by atoms with van der Waals surface area (Å²) >= 11 is 0. The number of hydrogen-bond donors (Lipinski definition) is 0. The predicted octanol–water partition coefficient (Wildman–Crippen LogP) is -2.85. The molecule has 0 saturated heterocycles. The van der Waals surface area contributed by atoms with E-state index >= 15 is 0 Å². The van der Waals surface area contributed by atoms with E-state index in [1.165, 1.54) is 43.4 Å². The molecule has 0 N–H and O–H groups in total. The molecular weight excluding hydrogens is 555 g/mol. The van der Waals surface area contributed by atoms with Gasteiger partial charge in [0.1, 0.15) is 8.07 Å². The zero-order chi connectivity index (χ0) is 22.9. The maximum atomic E-state index is 4.05. The van der Waals surface area contributed by atoms with Crippen molar-refractivity contribution in [1.82, 2.24) is 0 Å². The third kappa shape index (κ3) is 5.68. The van der Waals surface area contributed by atoms with Crippen molar-refractivity contribution < 1.29 is 58.9 Å². The Hall–Kier alpha value is -1.06. The Labute approximate surface area is 253 Å². The normalized spacial score (nSPS) is 16.7. The molecule has 0 radical (unpaired) electrons. The van der Waals surface area contributed by atoms with Crippen LogP contribution in [-0.4, -0.2) is 8.07 Å². The molecule has 1 atom stereocenters. The molecule has 0 heterocycles. The fraction of sp³-hybridized carbons (Fsp3) is 0.290. The Morgan fingerprint density at radius 3 is 1.42 bits per heavy atom. The van der Waals surface area contributed by atoms with Crippen molar-refractivity contribution in [3.05, 3.63) is 113 Å². The SMILES string of the molecule is CCc1cc(CC)cc([Si](c2ccccc2)(c2ccccc2)C2(C)[C-]=C(C)C(C)=C2C)c1.[Cl-].[Cl-].[Cl-].[Ti+4]. The van der Waals surface area contributed by atoms with Crippen molar-refractivity contribution in [2.75, 3.05) is 0 Å². The second-order valence-corrected chi connectivity index (χ2v) is 13.6. The zero-order valence-electron chi connectivity index (χ0n) is 22.1. The van der Waals surface area contributed by atoms with Crippen molar-refractivity contribution in [1.29, 1.82) is 0 Å². The van der Waals surface area contributed by atoms with E-state index < -0.39 is 8.07 Å². The van der Waals surface area contributed by atoms with Gasteiger partial charge in [-0.25, -0.2) is 5.57 Å². The van der Waals surface area contributed by atoms with E-state index in [9.17, 15) is 0 Å². The van der Waals surface area contributed by atoms with Crippen molar-refractivity contribution in [3.63, 3.8) is 0 Å². The Balaban J connectivity index is 0.00000306. The van der Waals surface area contributed by atoms with E-state index in [1.54, 1.807) is 0 Å². The standard InChI is InChI=1S/C31H35Si.3ClH.Ti/c1-7-26-19-27(8-2)21-30(20-26)32(28-15-11-9-12-16-28,29-17-13-10-14-18-29)31(6)22-23(3)24(4)25(31)5;;;;/h9-21H,7-8H2,1-6H3;3*1H;/q-1;;;;+4/p-3. The van der Waals surface area contributed by atoms with Crippen LogP contribution in [0.1, 0.15) is 52.7 Å². The maximum absolute atomic E-state index is 4.05. The van der Waals surface area contributed by atoms with Crippen LogP contribution in [-0.2, 0) is 34.6 Å². The summed E-state index contributed by atoms with van der Waals surface area (Å²) in [5, 5.41) is 4.25. The van der Waals surface area contributed by atoms with Gasteiger partial charge in [-0.05, 0) is 39.5 Å². The zero-order valence-corrected chi connectivity index (χ0v) is 26.9. The third-order valence-electron chi connectivity index (χ3n) is 7.78. The van der Waals surface area contributed by atoms with Gasteiger partial charge < -0.3 is 37.2 Å². The van der Waals surface area contributed by atoms with Crippen LogP contribution < -0.4 is 52.8 Å². The maximum Gasteiger partial charge on any atom is 4.00 e. The molecule has 5 heteroatoms. The average Bonchev–Trinajstić information content (AvgIpc) is 3.03. The molecule has 1 aliphatic carbocycles. The first-order valence-corrected chi connectivity index (χ1v) is 13.9. The second-order valence-electron chi connectivity index (χ2n) is 9.35. The van der Waals surface area contributed by atoms with Crippen LogP contribution in [0, 0.1) is 6.08 Å². The topological polar surface area (TPSA) is 0 Å². The van der Waals surface area contributed by atoms with E-state index in [-0.39, 0.29) is 64.0 Å². The summed E-state index contributed by atoms with van der Waals surface area (Å²) in [4.78, 5) is 0. The third-order valence-corrected chi connectivity index (χ3v) is 13.3. The van der Waals surface area contributed by atoms with Gasteiger partial charge in [0.25, 0.3) is 0 Å². The molecule has 0 aliphatic heterocycles. The second kappa shape index (κ2) is 14.2. The first-order chi connectivity index (χ1) is 15.4. The molecule has 3 aromatic rings. The van der Waals surface area contributed by atoms with Gasteiger partial charge in [0.15, 0.2) is 0 Å². The molecule has 0 bridgehead atoms. The van der Waals surface area contributed by atoms with E-state index in [1.807, 2.05) is 0 Å². The molecule has 1 unspecified atom stereocenters. The van der Waals surface area contributed by atoms with Gasteiger partial charge in [0.2, 0.25) is 0 Å². The molecule has 36 heavy (non-hydrogen) atoms. The van der Waals surface area contributed by atoms with Crippen LogP contribution in [0.3, 0.4) is 0 Å². The van der Waals surface area contributed by atoms with E-state index in [4.69, 9.17) is 0 Å². The summed E-state index contributed by atoms with van der Waals surface area (Å²) in [5.74, 6) is 0. The number of benzene rings is 3. The van der Waals surface area contributed by atoms with Crippen LogP contribution in [0.25, 0.3) is 0 Å². The molecule has 0 nitrogen and oxygen atoms in total. The average molecular weight is 590 g/mol. The number of allylic oxidation sites excluding steroid dienone is 4. The summed E-state index contributed by atoms with van der Waals surface area (Å²) in [6.07, 6.45) is 6.15. The van der Waals surface area contributed by atoms with Gasteiger partial charge in [0, 0.05) is 0 Å². The summed E-state index contributed by atoms with van der Waals surface area (Å²) in [5.41, 5.74) is 7.04. The molecule has 0 fully saturated rings. The van der Waals surface area contributed by atoms with Gasteiger partial charge in [-0.15, -0.1) is 6.92 Å². The smallest absolute Gasteiger partial charge is 1.00 e. The van der Waals surface area contributed by atoms with Crippen molar-refractivity contribution in [2.24, 2.45) is 0 Å². The molecule has 188 valence electrons. The fourth-order valence-corrected chi connectivity index (χ4v) is 11.8. The van der Waals surface area contributed by atoms with Crippen molar-refractivity contribution in [2.45, 2.75) is 59.4 Å². The number of hydrogen-bond acceptors (Lipinski definition) is 0. The van der Waals surface area contributed by atoms with E-state index in [0.29, 0.717) is 0 Å². The Bertz CT molecular complexity index is 1130. The van der Waals surface area contributed by atoms with Crippen molar-refractivity contribution >= 4 is 23.6 Å². The molecule has 0 amide bonds. The molecule has 4 rings (SSSR count). The summed E-state index contributed by atoms with van der Waals surface area (Å²) < 4.78 is 0. The van der Waals surface area contributed by atoms with Gasteiger partial charge in [-0.1, -0.05) is 119 Å². The first kappa shape index (κ1) is 34.9. The Morgan fingerprint density at radius 2 is 1.08 bits per heavy atom. The first-order valence-electron chi connectivity index (χ1n) is 11.9. The molecule has 1 aliphatic rings. The quantitative estimate of drug-likeness (QED) is 0.165. The van der Waals surface area contributed by atoms with Crippen LogP contribution >= 0.6 is 0 Å². The number of rotatable bonds is 6. The minimum absolute atomic E-state index is 0. The van der Waals surface area contributed by atoms with Gasteiger partial charge in [-0.3, -0.25) is 6.08 Å². The van der Waals surface area contributed by atoms with Crippen LogP contribution in [0.2, 0.25) is 5.04 Å². The van der Waals surface area contributed by atoms with Crippen LogP contribution in [0.4, 0.5) is 0 Å². The van der Waals surface area contributed by atoms with Gasteiger partial charge in [-0.2, -0.15) is 11.1 Å². The Kier molecular flexibility index (Phi) is 13.8. The number of aryl methyl sites for hydroxylation is 2. The largest absolute Gasteiger partial charge is 4.00 e. The van der Waals surface area contributed by atoms with Crippen molar-refractivity contribution in [3.8, 4) is 0 Å². The molecule has 0 aromatic heterocycles. The molecule has 0 spiro atoms. The Morgan fingerprint density at radius 1 is 0.667 bits per heavy atom. The van der Waals surface area contributed by atoms with Gasteiger partial charge in [0.05, 0.1) is 0 Å². The molecular formula is C31H35Cl3SiTi. The summed E-state index contributed by atoms with van der Waals surface area (Å²) in [7, 11) is -2.55. The van der Waals surface area contributed by atoms with Gasteiger partial charge >= 0.3 is 21.7 Å². The number of halogens is 3. The van der Waals surface area contributed by atoms with E-state index in [2.05, 4.69) is 126 Å². The van der Waals surface area contributed by atoms with Crippen LogP contribution in [0.15, 0.2) is 95.6 Å². The monoisotopic (exact) mass is 588 g/mol. The molecule has 3 aromatic carbocycles. The summed E-state index contributed by atoms with van der Waals surface area (Å²) in [6, 6.07) is 30.0. The molecule has 0 saturated carbocycles. The minimum Gasteiger partial charge on any atom is -1.00 e. The predicted molar refractivity (Wildman–Crippen MR) is 142 cm³/mol. The fourth-order valence-electron chi connectivity index (χ4n) is 5.72.